The van der Waals surface area contributed by atoms with Crippen molar-refractivity contribution in [3.63, 3.8) is 0 Å². The lowest BCUT2D eigenvalue weighted by molar-refractivity contribution is -0.212. The van der Waals surface area contributed by atoms with Crippen LogP contribution in [-0.4, -0.2) is 58.8 Å². The quantitative estimate of drug-likeness (QED) is 0.402. The topological polar surface area (TPSA) is 55.3 Å². The number of aromatic amines is 1. The molecule has 0 radical (unpaired) electrons. The summed E-state index contributed by atoms with van der Waals surface area (Å²) in [5.41, 5.74) is 2.46. The minimum absolute atomic E-state index is 0.0356. The van der Waals surface area contributed by atoms with Crippen molar-refractivity contribution in [3.8, 4) is 11.8 Å². The highest BCUT2D eigenvalue weighted by molar-refractivity contribution is 5.85. The Morgan fingerprint density at radius 3 is 2.62 bits per heavy atom. The van der Waals surface area contributed by atoms with Crippen LogP contribution in [0.3, 0.4) is 0 Å². The van der Waals surface area contributed by atoms with Gasteiger partial charge in [0.05, 0.1) is 24.2 Å². The first kappa shape index (κ1) is 25.0. The van der Waals surface area contributed by atoms with Crippen LogP contribution in [0.1, 0.15) is 61.9 Å². The Morgan fingerprint density at radius 2 is 1.90 bits per heavy atom. The summed E-state index contributed by atoms with van der Waals surface area (Å²) in [6.07, 6.45) is 4.07. The molecule has 3 atom stereocenters. The van der Waals surface area contributed by atoms with Crippen molar-refractivity contribution in [3.05, 3.63) is 64.9 Å². The number of rotatable bonds is 7. The number of fused-ring (bicyclic) bond motifs is 3. The van der Waals surface area contributed by atoms with Gasteiger partial charge in [-0.1, -0.05) is 18.2 Å². The van der Waals surface area contributed by atoms with Crippen molar-refractivity contribution in [2.75, 3.05) is 26.3 Å². The largest absolute Gasteiger partial charge is 0.489 e. The maximum absolute atomic E-state index is 16.1. The number of halogens is 3. The lowest BCUT2D eigenvalue weighted by atomic mass is 9.39. The van der Waals surface area contributed by atoms with Gasteiger partial charge in [0.15, 0.2) is 0 Å². The average molecular weight is 535 g/mol. The minimum Gasteiger partial charge on any atom is -0.489 e. The van der Waals surface area contributed by atoms with Gasteiger partial charge in [-0.15, -0.1) is 0 Å². The molecule has 3 saturated carbocycles. The Labute approximate surface area is 226 Å². The zero-order valence-electron chi connectivity index (χ0n) is 22.2. The van der Waals surface area contributed by atoms with E-state index in [1.54, 1.807) is 0 Å². The second-order valence-electron chi connectivity index (χ2n) is 12.2. The first-order chi connectivity index (χ1) is 18.9. The Balaban J connectivity index is 1.25. The van der Waals surface area contributed by atoms with E-state index < -0.39 is 17.7 Å². The number of hydrogen-bond donors (Lipinski definition) is 1. The molecular formula is C31H33F3N4O. The number of nitrogens with one attached hydrogen (secondary N) is 1. The summed E-state index contributed by atoms with van der Waals surface area (Å²) in [5, 5.41) is 10.8. The first-order valence-corrected chi connectivity index (χ1v) is 14.1. The van der Waals surface area contributed by atoms with Gasteiger partial charge in [0.2, 0.25) is 0 Å². The summed E-state index contributed by atoms with van der Waals surface area (Å²) in [4.78, 5) is 7.95. The second kappa shape index (κ2) is 9.00. The van der Waals surface area contributed by atoms with E-state index in [1.807, 2.05) is 18.2 Å². The Hall–Kier alpha value is -3.02. The van der Waals surface area contributed by atoms with Crippen LogP contribution in [0.4, 0.5) is 13.2 Å². The van der Waals surface area contributed by atoms with E-state index in [-0.39, 0.29) is 41.1 Å². The number of para-hydroxylation sites is 1. The number of hydrogen-bond acceptors (Lipinski definition) is 4. The molecule has 3 heterocycles. The molecule has 1 N–H and O–H groups in total. The van der Waals surface area contributed by atoms with Crippen molar-refractivity contribution in [2.45, 2.75) is 69.2 Å². The van der Waals surface area contributed by atoms with Crippen LogP contribution in [0, 0.1) is 28.4 Å². The number of ether oxygens (including phenoxy) is 1. The predicted molar refractivity (Wildman–Crippen MR) is 142 cm³/mol. The third-order valence-electron chi connectivity index (χ3n) is 9.63. The molecule has 1 aromatic heterocycles. The van der Waals surface area contributed by atoms with Gasteiger partial charge in [-0.25, -0.2) is 8.78 Å². The molecule has 4 fully saturated rings. The molecule has 2 aromatic carbocycles. The minimum atomic E-state index is -0.620. The van der Waals surface area contributed by atoms with E-state index in [1.165, 1.54) is 12.1 Å². The molecule has 0 spiro atoms. The number of nitriles is 1. The molecule has 204 valence electrons. The highest BCUT2D eigenvalue weighted by atomic mass is 19.1. The summed E-state index contributed by atoms with van der Waals surface area (Å²) < 4.78 is 50.7. The molecule has 8 rings (SSSR count). The van der Waals surface area contributed by atoms with Crippen LogP contribution in [0.25, 0.3) is 10.9 Å². The molecule has 39 heavy (non-hydrogen) atoms. The fourth-order valence-electron chi connectivity index (χ4n) is 8.08. The van der Waals surface area contributed by atoms with Gasteiger partial charge in [0.25, 0.3) is 0 Å². The Morgan fingerprint density at radius 1 is 1.15 bits per heavy atom. The molecule has 1 saturated heterocycles. The van der Waals surface area contributed by atoms with Gasteiger partial charge in [0, 0.05) is 65.5 Å². The van der Waals surface area contributed by atoms with Crippen LogP contribution >= 0.6 is 0 Å². The lowest BCUT2D eigenvalue weighted by Gasteiger charge is -2.73. The van der Waals surface area contributed by atoms with E-state index in [0.29, 0.717) is 19.5 Å². The lowest BCUT2D eigenvalue weighted by Crippen LogP contribution is -2.76. The Kier molecular flexibility index (Phi) is 5.77. The zero-order valence-corrected chi connectivity index (χ0v) is 22.2. The van der Waals surface area contributed by atoms with Crippen LogP contribution in [0.5, 0.6) is 5.75 Å². The van der Waals surface area contributed by atoms with Gasteiger partial charge in [0.1, 0.15) is 23.5 Å². The van der Waals surface area contributed by atoms with Gasteiger partial charge in [-0.2, -0.15) is 5.26 Å². The number of H-pyrrole nitrogens is 1. The SMILES string of the molecule is C[C@H]1Cc2c([nH]c3ccccc23)[C@H](c2c(F)cc(O[C@@H]3CCN(CCCF)C3)cc2F)N1C12CC(C#N)(C1)C2. The van der Waals surface area contributed by atoms with Gasteiger partial charge in [-0.3, -0.25) is 14.2 Å². The van der Waals surface area contributed by atoms with Crippen LogP contribution in [0.15, 0.2) is 36.4 Å². The Bertz CT molecular complexity index is 1440. The summed E-state index contributed by atoms with van der Waals surface area (Å²) in [7, 11) is 0. The molecule has 8 heteroatoms. The molecular weight excluding hydrogens is 501 g/mol. The normalized spacial score (nSPS) is 31.9. The number of likely N-dealkylation sites (tertiary alicyclic amines) is 1. The number of alkyl halides is 1. The fourth-order valence-corrected chi connectivity index (χ4v) is 8.08. The maximum atomic E-state index is 16.1. The zero-order chi connectivity index (χ0) is 26.9. The molecule has 3 aromatic rings. The summed E-state index contributed by atoms with van der Waals surface area (Å²) in [5.74, 6) is -1.05. The number of benzene rings is 2. The standard InChI is InChI=1S/C31H33F3N4O/c1-19-11-23-22-5-2-3-6-26(22)36-28(23)29(38(19)31-15-30(16-31,17-31)18-35)27-24(33)12-21(13-25(27)34)39-20-7-10-37(14-20)9-4-8-32/h2-3,5-6,12-13,19-20,29,36H,4,7-11,14-17H2,1H3/t19-,20+,29-,30?,31?/m0/s1. The number of aromatic nitrogens is 1. The van der Waals surface area contributed by atoms with Crippen molar-refractivity contribution < 1.29 is 17.9 Å². The van der Waals surface area contributed by atoms with E-state index in [9.17, 15) is 9.65 Å². The van der Waals surface area contributed by atoms with E-state index in [0.717, 1.165) is 60.8 Å². The predicted octanol–water partition coefficient (Wildman–Crippen LogP) is 6.04. The highest BCUT2D eigenvalue weighted by Crippen LogP contribution is 2.72. The molecule has 0 unspecified atom stereocenters. The summed E-state index contributed by atoms with van der Waals surface area (Å²) in [6, 6.07) is 12.6. The molecule has 5 nitrogen and oxygen atoms in total. The fraction of sp³-hybridized carbons (Fsp3) is 0.516. The van der Waals surface area contributed by atoms with E-state index >= 15 is 8.78 Å². The molecule has 3 aliphatic carbocycles. The molecule has 0 amide bonds. The van der Waals surface area contributed by atoms with Crippen molar-refractivity contribution >= 4 is 10.9 Å². The van der Waals surface area contributed by atoms with E-state index in [4.69, 9.17) is 4.74 Å². The van der Waals surface area contributed by atoms with Crippen molar-refractivity contribution in [2.24, 2.45) is 5.41 Å². The third-order valence-corrected chi connectivity index (χ3v) is 9.63. The molecule has 2 bridgehead atoms. The van der Waals surface area contributed by atoms with Crippen molar-refractivity contribution in [1.29, 1.82) is 5.26 Å². The second-order valence-corrected chi connectivity index (χ2v) is 12.2. The van der Waals surface area contributed by atoms with Gasteiger partial charge < -0.3 is 9.72 Å². The smallest absolute Gasteiger partial charge is 0.135 e. The average Bonchev–Trinajstić information content (AvgIpc) is 3.46. The molecule has 2 aliphatic heterocycles. The van der Waals surface area contributed by atoms with Crippen LogP contribution in [-0.2, 0) is 6.42 Å². The van der Waals surface area contributed by atoms with E-state index in [2.05, 4.69) is 33.8 Å². The monoisotopic (exact) mass is 534 g/mol. The first-order valence-electron chi connectivity index (χ1n) is 14.1. The maximum Gasteiger partial charge on any atom is 0.135 e. The third kappa shape index (κ3) is 3.81. The summed E-state index contributed by atoms with van der Waals surface area (Å²) in [6.45, 7) is 3.86. The number of nitrogens with zero attached hydrogens (tertiary/aromatic N) is 3. The summed E-state index contributed by atoms with van der Waals surface area (Å²) >= 11 is 0. The molecule has 5 aliphatic rings. The van der Waals surface area contributed by atoms with Gasteiger partial charge in [-0.05, 0) is 57.1 Å². The highest BCUT2D eigenvalue weighted by Gasteiger charge is 2.72. The van der Waals surface area contributed by atoms with Gasteiger partial charge >= 0.3 is 0 Å². The van der Waals surface area contributed by atoms with Crippen LogP contribution < -0.4 is 4.74 Å². The van der Waals surface area contributed by atoms with Crippen LogP contribution in [0.2, 0.25) is 0 Å². The van der Waals surface area contributed by atoms with Crippen molar-refractivity contribution in [1.82, 2.24) is 14.8 Å².